The Kier molecular flexibility index (Phi) is 6.97. The SMILES string of the molecule is CCNC(CCSC1CCCC(C)C1)C(=O)O. The van der Waals surface area contributed by atoms with E-state index < -0.39 is 5.97 Å². The van der Waals surface area contributed by atoms with Gasteiger partial charge in [-0.3, -0.25) is 4.79 Å². The minimum Gasteiger partial charge on any atom is -0.480 e. The average Bonchev–Trinajstić information content (AvgIpc) is 2.28. The maximum absolute atomic E-state index is 11.0. The Morgan fingerprint density at radius 3 is 2.88 bits per heavy atom. The zero-order valence-electron chi connectivity index (χ0n) is 10.9. The van der Waals surface area contributed by atoms with Gasteiger partial charge < -0.3 is 10.4 Å². The summed E-state index contributed by atoms with van der Waals surface area (Å²) in [5.41, 5.74) is 0. The number of thioether (sulfide) groups is 1. The quantitative estimate of drug-likeness (QED) is 0.738. The first kappa shape index (κ1) is 14.8. The number of carboxylic acids is 1. The van der Waals surface area contributed by atoms with Gasteiger partial charge in [-0.15, -0.1) is 0 Å². The molecule has 1 fully saturated rings. The van der Waals surface area contributed by atoms with E-state index in [1.807, 2.05) is 18.7 Å². The third-order valence-corrected chi connectivity index (χ3v) is 4.77. The first-order valence-electron chi connectivity index (χ1n) is 6.71. The van der Waals surface area contributed by atoms with E-state index in [1.165, 1.54) is 25.7 Å². The number of carboxylic acid groups (broad SMARTS) is 1. The summed E-state index contributed by atoms with van der Waals surface area (Å²) in [6, 6.07) is -0.367. The molecule has 0 spiro atoms. The second kappa shape index (κ2) is 7.98. The lowest BCUT2D eigenvalue weighted by Crippen LogP contribution is -2.37. The smallest absolute Gasteiger partial charge is 0.320 e. The van der Waals surface area contributed by atoms with Crippen LogP contribution in [0.15, 0.2) is 0 Å². The molecule has 1 rings (SSSR count). The Morgan fingerprint density at radius 1 is 1.53 bits per heavy atom. The second-order valence-electron chi connectivity index (χ2n) is 5.00. The molecule has 2 N–H and O–H groups in total. The van der Waals surface area contributed by atoms with E-state index in [9.17, 15) is 4.79 Å². The van der Waals surface area contributed by atoms with Gasteiger partial charge in [-0.05, 0) is 37.5 Å². The van der Waals surface area contributed by atoms with Gasteiger partial charge in [0.1, 0.15) is 6.04 Å². The molecule has 3 unspecified atom stereocenters. The van der Waals surface area contributed by atoms with Crippen molar-refractivity contribution in [1.29, 1.82) is 0 Å². The molecule has 0 aromatic heterocycles. The van der Waals surface area contributed by atoms with E-state index in [2.05, 4.69) is 12.2 Å². The van der Waals surface area contributed by atoms with Crippen LogP contribution in [0.4, 0.5) is 0 Å². The van der Waals surface area contributed by atoms with Crippen LogP contribution in [-0.2, 0) is 4.79 Å². The molecule has 0 aromatic carbocycles. The van der Waals surface area contributed by atoms with Crippen molar-refractivity contribution in [2.75, 3.05) is 12.3 Å². The highest BCUT2D eigenvalue weighted by molar-refractivity contribution is 7.99. The maximum Gasteiger partial charge on any atom is 0.320 e. The van der Waals surface area contributed by atoms with E-state index in [0.29, 0.717) is 0 Å². The van der Waals surface area contributed by atoms with E-state index in [1.54, 1.807) is 0 Å². The molecule has 0 bridgehead atoms. The molecule has 3 atom stereocenters. The van der Waals surface area contributed by atoms with Crippen molar-refractivity contribution in [2.45, 2.75) is 57.2 Å². The summed E-state index contributed by atoms with van der Waals surface area (Å²) in [5, 5.41) is 12.8. The fourth-order valence-electron chi connectivity index (χ4n) is 2.44. The minimum absolute atomic E-state index is 0.367. The summed E-state index contributed by atoms with van der Waals surface area (Å²) in [6.45, 7) is 5.00. The molecule has 100 valence electrons. The fourth-order valence-corrected chi connectivity index (χ4v) is 3.94. The van der Waals surface area contributed by atoms with Gasteiger partial charge >= 0.3 is 5.97 Å². The highest BCUT2D eigenvalue weighted by Gasteiger charge is 2.20. The normalized spacial score (nSPS) is 26.7. The summed E-state index contributed by atoms with van der Waals surface area (Å²) in [6.07, 6.45) is 6.07. The molecule has 0 saturated heterocycles. The summed E-state index contributed by atoms with van der Waals surface area (Å²) in [7, 11) is 0. The first-order chi connectivity index (χ1) is 8.13. The van der Waals surface area contributed by atoms with E-state index in [4.69, 9.17) is 5.11 Å². The zero-order chi connectivity index (χ0) is 12.7. The predicted octanol–water partition coefficient (Wildman–Crippen LogP) is 2.75. The molecular formula is C13H25NO2S. The molecule has 17 heavy (non-hydrogen) atoms. The predicted molar refractivity (Wildman–Crippen MR) is 73.6 cm³/mol. The lowest BCUT2D eigenvalue weighted by Gasteiger charge is -2.26. The third kappa shape index (κ3) is 5.77. The molecule has 0 aliphatic heterocycles. The van der Waals surface area contributed by atoms with Gasteiger partial charge in [0.2, 0.25) is 0 Å². The lowest BCUT2D eigenvalue weighted by atomic mass is 9.91. The van der Waals surface area contributed by atoms with Crippen molar-refractivity contribution in [1.82, 2.24) is 5.32 Å². The van der Waals surface area contributed by atoms with Crippen LogP contribution < -0.4 is 5.32 Å². The van der Waals surface area contributed by atoms with Crippen molar-refractivity contribution in [3.63, 3.8) is 0 Å². The number of aliphatic carboxylic acids is 1. The van der Waals surface area contributed by atoms with Crippen LogP contribution >= 0.6 is 11.8 Å². The van der Waals surface area contributed by atoms with Gasteiger partial charge in [0, 0.05) is 5.25 Å². The molecule has 0 heterocycles. The van der Waals surface area contributed by atoms with Gasteiger partial charge in [0.25, 0.3) is 0 Å². The van der Waals surface area contributed by atoms with Crippen LogP contribution in [0.5, 0.6) is 0 Å². The molecule has 3 nitrogen and oxygen atoms in total. The molecule has 1 aliphatic rings. The van der Waals surface area contributed by atoms with Gasteiger partial charge in [-0.2, -0.15) is 11.8 Å². The number of carbonyl (C=O) groups is 1. The molecule has 1 saturated carbocycles. The molecular weight excluding hydrogens is 234 g/mol. The summed E-state index contributed by atoms with van der Waals surface area (Å²) < 4.78 is 0. The minimum atomic E-state index is -0.718. The van der Waals surface area contributed by atoms with Crippen molar-refractivity contribution >= 4 is 17.7 Å². The monoisotopic (exact) mass is 259 g/mol. The van der Waals surface area contributed by atoms with Gasteiger partial charge in [-0.25, -0.2) is 0 Å². The van der Waals surface area contributed by atoms with Gasteiger partial charge in [0.05, 0.1) is 0 Å². The number of hydrogen-bond donors (Lipinski definition) is 2. The van der Waals surface area contributed by atoms with Crippen LogP contribution in [0.3, 0.4) is 0 Å². The van der Waals surface area contributed by atoms with Crippen LogP contribution in [0, 0.1) is 5.92 Å². The van der Waals surface area contributed by atoms with Crippen molar-refractivity contribution in [3.8, 4) is 0 Å². The first-order valence-corrected chi connectivity index (χ1v) is 7.76. The number of nitrogens with one attached hydrogen (secondary N) is 1. The highest BCUT2D eigenvalue weighted by Crippen LogP contribution is 2.32. The molecule has 1 aliphatic carbocycles. The maximum atomic E-state index is 11.0. The molecule has 0 amide bonds. The van der Waals surface area contributed by atoms with Crippen molar-refractivity contribution < 1.29 is 9.90 Å². The van der Waals surface area contributed by atoms with Crippen LogP contribution in [0.25, 0.3) is 0 Å². The Labute approximate surface area is 109 Å². The van der Waals surface area contributed by atoms with Crippen LogP contribution in [0.2, 0.25) is 0 Å². The molecule has 0 aromatic rings. The van der Waals surface area contributed by atoms with E-state index >= 15 is 0 Å². The number of likely N-dealkylation sites (N-methyl/N-ethyl adjacent to an activating group) is 1. The zero-order valence-corrected chi connectivity index (χ0v) is 11.8. The largest absolute Gasteiger partial charge is 0.480 e. The average molecular weight is 259 g/mol. The van der Waals surface area contributed by atoms with Gasteiger partial charge in [0.15, 0.2) is 0 Å². The Balaban J connectivity index is 2.18. The summed E-state index contributed by atoms with van der Waals surface area (Å²) in [4.78, 5) is 11.0. The van der Waals surface area contributed by atoms with Crippen LogP contribution in [-0.4, -0.2) is 34.7 Å². The summed E-state index contributed by atoms with van der Waals surface area (Å²) in [5.74, 6) is 1.09. The third-order valence-electron chi connectivity index (χ3n) is 3.40. The fraction of sp³-hybridized carbons (Fsp3) is 0.923. The number of rotatable bonds is 7. The number of hydrogen-bond acceptors (Lipinski definition) is 3. The Morgan fingerprint density at radius 2 is 2.29 bits per heavy atom. The van der Waals surface area contributed by atoms with Crippen molar-refractivity contribution in [3.05, 3.63) is 0 Å². The molecule has 4 heteroatoms. The summed E-state index contributed by atoms with van der Waals surface area (Å²) >= 11 is 1.97. The second-order valence-corrected chi connectivity index (χ2v) is 6.41. The Bertz CT molecular complexity index is 235. The van der Waals surface area contributed by atoms with E-state index in [-0.39, 0.29) is 6.04 Å². The topological polar surface area (TPSA) is 49.3 Å². The molecule has 0 radical (unpaired) electrons. The Hall–Kier alpha value is -0.220. The van der Waals surface area contributed by atoms with Gasteiger partial charge in [-0.1, -0.05) is 26.7 Å². The lowest BCUT2D eigenvalue weighted by molar-refractivity contribution is -0.139. The highest BCUT2D eigenvalue weighted by atomic mass is 32.2. The standard InChI is InChI=1S/C13H25NO2S/c1-3-14-12(13(15)16)7-8-17-11-6-4-5-10(2)9-11/h10-12,14H,3-9H2,1-2H3,(H,15,16). The van der Waals surface area contributed by atoms with Crippen LogP contribution in [0.1, 0.15) is 46.0 Å². The van der Waals surface area contributed by atoms with E-state index in [0.717, 1.165) is 29.9 Å². The van der Waals surface area contributed by atoms with Crippen molar-refractivity contribution in [2.24, 2.45) is 5.92 Å².